The van der Waals surface area contributed by atoms with Crippen molar-refractivity contribution in [3.63, 3.8) is 0 Å². The summed E-state index contributed by atoms with van der Waals surface area (Å²) in [5.74, 6) is 0. The molecule has 0 aromatic rings. The molecule has 2 N–H and O–H groups in total. The Balaban J connectivity index is 3.22. The molecule has 9 heavy (non-hydrogen) atoms. The van der Waals surface area contributed by atoms with Gasteiger partial charge in [-0.3, -0.25) is 0 Å². The molecule has 0 heterocycles. The lowest BCUT2D eigenvalue weighted by atomic mass is 10.8. The summed E-state index contributed by atoms with van der Waals surface area (Å²) in [6.45, 7) is 3.41. The van der Waals surface area contributed by atoms with Crippen molar-refractivity contribution in [1.29, 1.82) is 0 Å². The molecule has 0 amide bonds. The van der Waals surface area contributed by atoms with Crippen molar-refractivity contribution in [3.8, 4) is 0 Å². The van der Waals surface area contributed by atoms with E-state index in [4.69, 9.17) is 13.8 Å². The highest BCUT2D eigenvalue weighted by atomic mass is 32.2. The van der Waals surface area contributed by atoms with E-state index in [0.717, 1.165) is 0 Å². The van der Waals surface area contributed by atoms with Gasteiger partial charge in [-0.05, 0) is 13.8 Å². The summed E-state index contributed by atoms with van der Waals surface area (Å²) in [4.78, 5) is 0. The monoisotopic (exact) mass is 170 g/mol. The highest BCUT2D eigenvalue weighted by Gasteiger charge is 2.06. The van der Waals surface area contributed by atoms with E-state index >= 15 is 0 Å². The molecule has 56 valence electrons. The van der Waals surface area contributed by atoms with Gasteiger partial charge in [0.25, 0.3) is 0 Å². The van der Waals surface area contributed by atoms with Gasteiger partial charge >= 0.3 is 0 Å². The van der Waals surface area contributed by atoms with Gasteiger partial charge in [0.1, 0.15) is 10.9 Å². The van der Waals surface area contributed by atoms with E-state index in [2.05, 4.69) is 0 Å². The molecule has 0 aliphatic rings. The van der Waals surface area contributed by atoms with Crippen LogP contribution < -0.4 is 0 Å². The smallest absolute Gasteiger partial charge is 0.127 e. The quantitative estimate of drug-likeness (QED) is 0.500. The van der Waals surface area contributed by atoms with Gasteiger partial charge in [0.2, 0.25) is 0 Å². The van der Waals surface area contributed by atoms with Crippen LogP contribution in [0.4, 0.5) is 0 Å². The zero-order valence-electron chi connectivity index (χ0n) is 5.27. The van der Waals surface area contributed by atoms with Crippen LogP contribution in [-0.4, -0.2) is 20.0 Å². The van der Waals surface area contributed by atoms with Crippen LogP contribution in [0.15, 0.2) is 0 Å². The fraction of sp³-hybridized carbons (Fsp3) is 1.00. The SMILES string of the molecule is CC(OC(C)SO)SO. The lowest BCUT2D eigenvalue weighted by molar-refractivity contribution is 0.107. The molecule has 0 spiro atoms. The van der Waals surface area contributed by atoms with Crippen LogP contribution in [0.2, 0.25) is 0 Å². The number of ether oxygens (including phenoxy) is 1. The zero-order valence-corrected chi connectivity index (χ0v) is 6.91. The molecule has 2 atom stereocenters. The number of hydrogen-bond acceptors (Lipinski definition) is 5. The van der Waals surface area contributed by atoms with Crippen molar-refractivity contribution in [3.05, 3.63) is 0 Å². The summed E-state index contributed by atoms with van der Waals surface area (Å²) in [5, 5.41) is 0. The fourth-order valence-electron chi connectivity index (χ4n) is 0.320. The minimum absolute atomic E-state index is 0.278. The average molecular weight is 170 g/mol. The second-order valence-corrected chi connectivity index (χ2v) is 3.23. The Morgan fingerprint density at radius 2 is 1.44 bits per heavy atom. The Morgan fingerprint density at radius 3 is 1.67 bits per heavy atom. The molecule has 0 rings (SSSR count). The van der Waals surface area contributed by atoms with Crippen molar-refractivity contribution in [2.45, 2.75) is 24.7 Å². The zero-order chi connectivity index (χ0) is 7.28. The molecule has 0 saturated heterocycles. The molecule has 5 heteroatoms. The van der Waals surface area contributed by atoms with Crippen molar-refractivity contribution >= 4 is 24.1 Å². The second kappa shape index (κ2) is 5.37. The van der Waals surface area contributed by atoms with Gasteiger partial charge in [-0.25, -0.2) is 0 Å². The normalized spacial score (nSPS) is 17.3. The first-order valence-corrected chi connectivity index (χ1v) is 4.14. The molecule has 0 aromatic heterocycles. The van der Waals surface area contributed by atoms with Crippen molar-refractivity contribution in [1.82, 2.24) is 0 Å². The van der Waals surface area contributed by atoms with Gasteiger partial charge in [-0.1, -0.05) is 0 Å². The summed E-state index contributed by atoms with van der Waals surface area (Å²) in [5.41, 5.74) is -0.556. The third-order valence-corrected chi connectivity index (χ3v) is 1.50. The van der Waals surface area contributed by atoms with E-state index in [1.165, 1.54) is 0 Å². The maximum atomic E-state index is 8.38. The van der Waals surface area contributed by atoms with Crippen LogP contribution in [0.1, 0.15) is 13.8 Å². The molecule has 0 saturated carbocycles. The molecule has 0 radical (unpaired) electrons. The maximum Gasteiger partial charge on any atom is 0.127 e. The van der Waals surface area contributed by atoms with Crippen LogP contribution in [0.25, 0.3) is 0 Å². The van der Waals surface area contributed by atoms with E-state index in [1.54, 1.807) is 13.8 Å². The van der Waals surface area contributed by atoms with Crippen LogP contribution >= 0.6 is 24.1 Å². The molecule has 0 aromatic carbocycles. The van der Waals surface area contributed by atoms with Gasteiger partial charge in [-0.15, -0.1) is 0 Å². The van der Waals surface area contributed by atoms with Crippen molar-refractivity contribution in [2.75, 3.05) is 0 Å². The van der Waals surface area contributed by atoms with Crippen LogP contribution in [0, 0.1) is 0 Å². The van der Waals surface area contributed by atoms with Crippen molar-refractivity contribution < 1.29 is 13.8 Å². The van der Waals surface area contributed by atoms with E-state index in [-0.39, 0.29) is 10.9 Å². The van der Waals surface area contributed by atoms with E-state index in [9.17, 15) is 0 Å². The first-order valence-electron chi connectivity index (χ1n) is 2.46. The van der Waals surface area contributed by atoms with Gasteiger partial charge in [-0.2, -0.15) is 0 Å². The van der Waals surface area contributed by atoms with Crippen LogP contribution in [-0.2, 0) is 4.74 Å². The van der Waals surface area contributed by atoms with E-state index < -0.39 is 0 Å². The van der Waals surface area contributed by atoms with Gasteiger partial charge in [0.15, 0.2) is 0 Å². The Bertz CT molecular complexity index is 62.8. The summed E-state index contributed by atoms with van der Waals surface area (Å²) in [6, 6.07) is 0. The predicted octanol–water partition coefficient (Wildman–Crippen LogP) is 2.11. The van der Waals surface area contributed by atoms with Gasteiger partial charge in [0, 0.05) is 24.1 Å². The third kappa shape index (κ3) is 5.05. The summed E-state index contributed by atoms with van der Waals surface area (Å²) < 4.78 is 21.7. The summed E-state index contributed by atoms with van der Waals surface area (Å²) in [7, 11) is 0. The molecule has 0 aliphatic heterocycles. The van der Waals surface area contributed by atoms with Crippen LogP contribution in [0.5, 0.6) is 0 Å². The molecule has 0 fully saturated rings. The highest BCUT2D eigenvalue weighted by molar-refractivity contribution is 7.94. The average Bonchev–Trinajstić information content (AvgIpc) is 1.87. The lowest BCUT2D eigenvalue weighted by Gasteiger charge is -2.12. The van der Waals surface area contributed by atoms with E-state index in [1.807, 2.05) is 0 Å². The fourth-order valence-corrected chi connectivity index (χ4v) is 0.823. The first kappa shape index (κ1) is 9.58. The molecule has 0 bridgehead atoms. The number of rotatable bonds is 4. The van der Waals surface area contributed by atoms with Gasteiger partial charge in [0.05, 0.1) is 0 Å². The minimum Gasteiger partial charge on any atom is -0.350 e. The molecular weight excluding hydrogens is 160 g/mol. The van der Waals surface area contributed by atoms with Crippen molar-refractivity contribution in [2.24, 2.45) is 0 Å². The van der Waals surface area contributed by atoms with E-state index in [0.29, 0.717) is 24.1 Å². The molecule has 3 nitrogen and oxygen atoms in total. The summed E-state index contributed by atoms with van der Waals surface area (Å²) in [6.07, 6.45) is 0. The maximum absolute atomic E-state index is 8.38. The second-order valence-electron chi connectivity index (χ2n) is 1.48. The standard InChI is InChI=1S/C4H10O3S2/c1-3(8-5)7-4(2)9-6/h3-6H,1-2H3. The van der Waals surface area contributed by atoms with Gasteiger partial charge < -0.3 is 13.8 Å². The Kier molecular flexibility index (Phi) is 5.72. The largest absolute Gasteiger partial charge is 0.350 e. The molecule has 0 aliphatic carbocycles. The minimum atomic E-state index is -0.278. The third-order valence-electron chi connectivity index (χ3n) is 0.680. The molecular formula is C4H10O3S2. The molecule has 2 unspecified atom stereocenters. The first-order chi connectivity index (χ1) is 4.20. The highest BCUT2D eigenvalue weighted by Crippen LogP contribution is 2.14. The summed E-state index contributed by atoms with van der Waals surface area (Å²) >= 11 is 1.24. The Labute approximate surface area is 63.2 Å². The predicted molar refractivity (Wildman–Crippen MR) is 40.4 cm³/mol. The Hall–Kier alpha value is 0.580. The van der Waals surface area contributed by atoms with Crippen LogP contribution in [0.3, 0.4) is 0 Å². The number of hydrogen-bond donors (Lipinski definition) is 2. The lowest BCUT2D eigenvalue weighted by Crippen LogP contribution is -2.09. The topological polar surface area (TPSA) is 49.7 Å². The Morgan fingerprint density at radius 1 is 1.11 bits per heavy atom.